The first-order chi connectivity index (χ1) is 10.6. The highest BCUT2D eigenvalue weighted by molar-refractivity contribution is 5.72. The van der Waals surface area contributed by atoms with Crippen molar-refractivity contribution in [3.05, 3.63) is 70.8 Å². The molecule has 0 fully saturated rings. The highest BCUT2D eigenvalue weighted by atomic mass is 16.7. The van der Waals surface area contributed by atoms with Crippen molar-refractivity contribution < 1.29 is 9.63 Å². The maximum Gasteiger partial charge on any atom is 0.338 e. The molecule has 2 amide bonds. The molecule has 0 heterocycles. The zero-order valence-electron chi connectivity index (χ0n) is 13.1. The molecule has 0 atom stereocenters. The van der Waals surface area contributed by atoms with Crippen molar-refractivity contribution in [1.82, 2.24) is 10.8 Å². The van der Waals surface area contributed by atoms with Gasteiger partial charge in [0.1, 0.15) is 0 Å². The van der Waals surface area contributed by atoms with Crippen LogP contribution in [0.1, 0.15) is 22.3 Å². The van der Waals surface area contributed by atoms with E-state index in [2.05, 4.69) is 42.8 Å². The second-order valence-electron chi connectivity index (χ2n) is 5.31. The molecular formula is C18H22N2O2. The van der Waals surface area contributed by atoms with Gasteiger partial charge in [0.25, 0.3) is 0 Å². The first kappa shape index (κ1) is 16.0. The van der Waals surface area contributed by atoms with E-state index in [0.29, 0.717) is 13.2 Å². The summed E-state index contributed by atoms with van der Waals surface area (Å²) in [6, 6.07) is 15.7. The normalized spacial score (nSPS) is 10.3. The SMILES string of the molecule is Cc1ccc(CCNC(=O)NOCc2ccccc2)c(C)c1. The number of hydrogen-bond donors (Lipinski definition) is 2. The van der Waals surface area contributed by atoms with E-state index >= 15 is 0 Å². The molecule has 0 unspecified atom stereocenters. The van der Waals surface area contributed by atoms with Gasteiger partial charge in [0.15, 0.2) is 0 Å². The molecule has 0 radical (unpaired) electrons. The van der Waals surface area contributed by atoms with E-state index in [1.54, 1.807) is 0 Å². The van der Waals surface area contributed by atoms with Crippen molar-refractivity contribution in [2.75, 3.05) is 6.54 Å². The van der Waals surface area contributed by atoms with Crippen LogP contribution < -0.4 is 10.8 Å². The number of carbonyl (C=O) groups is 1. The largest absolute Gasteiger partial charge is 0.338 e. The summed E-state index contributed by atoms with van der Waals surface area (Å²) >= 11 is 0. The Morgan fingerprint density at radius 2 is 1.86 bits per heavy atom. The van der Waals surface area contributed by atoms with Gasteiger partial charge in [0, 0.05) is 6.54 Å². The highest BCUT2D eigenvalue weighted by Gasteiger charge is 2.02. The van der Waals surface area contributed by atoms with Crippen LogP contribution in [-0.2, 0) is 17.9 Å². The maximum atomic E-state index is 11.6. The summed E-state index contributed by atoms with van der Waals surface area (Å²) in [5.41, 5.74) is 7.15. The summed E-state index contributed by atoms with van der Waals surface area (Å²) in [6.45, 7) is 5.09. The third kappa shape index (κ3) is 5.22. The first-order valence-electron chi connectivity index (χ1n) is 7.41. The minimum atomic E-state index is -0.319. The number of carbonyl (C=O) groups excluding carboxylic acids is 1. The van der Waals surface area contributed by atoms with Crippen LogP contribution in [0.2, 0.25) is 0 Å². The van der Waals surface area contributed by atoms with E-state index in [1.807, 2.05) is 30.3 Å². The Labute approximate surface area is 131 Å². The minimum Gasteiger partial charge on any atom is -0.336 e. The maximum absolute atomic E-state index is 11.6. The minimum absolute atomic E-state index is 0.319. The molecule has 2 aromatic rings. The average molecular weight is 298 g/mol. The molecule has 4 nitrogen and oxygen atoms in total. The average Bonchev–Trinajstić information content (AvgIpc) is 2.50. The summed E-state index contributed by atoms with van der Waals surface area (Å²) in [5.74, 6) is 0. The number of hydroxylamine groups is 1. The monoisotopic (exact) mass is 298 g/mol. The van der Waals surface area contributed by atoms with Crippen molar-refractivity contribution >= 4 is 6.03 Å². The second kappa shape index (κ2) is 8.20. The van der Waals surface area contributed by atoms with Gasteiger partial charge in [-0.25, -0.2) is 10.3 Å². The molecule has 2 aromatic carbocycles. The Balaban J connectivity index is 1.65. The van der Waals surface area contributed by atoms with E-state index in [9.17, 15) is 4.79 Å². The summed E-state index contributed by atoms with van der Waals surface area (Å²) in [4.78, 5) is 16.8. The molecule has 0 aliphatic carbocycles. The Hall–Kier alpha value is -2.33. The number of aryl methyl sites for hydroxylation is 2. The summed E-state index contributed by atoms with van der Waals surface area (Å²) in [5, 5.41) is 2.78. The molecule has 2 N–H and O–H groups in total. The fourth-order valence-corrected chi connectivity index (χ4v) is 2.23. The second-order valence-corrected chi connectivity index (χ2v) is 5.31. The standard InChI is InChI=1S/C18H22N2O2/c1-14-8-9-17(15(2)12-14)10-11-19-18(21)20-22-13-16-6-4-3-5-7-16/h3-9,12H,10-11,13H2,1-2H3,(H2,19,20,21). The fraction of sp³-hybridized carbons (Fsp3) is 0.278. The van der Waals surface area contributed by atoms with Crippen molar-refractivity contribution in [2.45, 2.75) is 26.9 Å². The Morgan fingerprint density at radius 3 is 2.59 bits per heavy atom. The van der Waals surface area contributed by atoms with E-state index in [0.717, 1.165) is 12.0 Å². The van der Waals surface area contributed by atoms with Crippen LogP contribution in [0.5, 0.6) is 0 Å². The van der Waals surface area contributed by atoms with Gasteiger partial charge in [-0.1, -0.05) is 54.1 Å². The molecule has 0 bridgehead atoms. The zero-order chi connectivity index (χ0) is 15.8. The van der Waals surface area contributed by atoms with E-state index in [-0.39, 0.29) is 6.03 Å². The predicted molar refractivity (Wildman–Crippen MR) is 87.4 cm³/mol. The Morgan fingerprint density at radius 1 is 1.09 bits per heavy atom. The van der Waals surface area contributed by atoms with Gasteiger partial charge in [-0.3, -0.25) is 4.84 Å². The lowest BCUT2D eigenvalue weighted by atomic mass is 10.0. The van der Waals surface area contributed by atoms with Crippen LogP contribution in [0.15, 0.2) is 48.5 Å². The molecule has 0 aromatic heterocycles. The molecule has 2 rings (SSSR count). The van der Waals surface area contributed by atoms with E-state index in [4.69, 9.17) is 4.84 Å². The molecule has 116 valence electrons. The molecule has 0 aliphatic rings. The first-order valence-corrected chi connectivity index (χ1v) is 7.41. The van der Waals surface area contributed by atoms with Crippen LogP contribution in [0.25, 0.3) is 0 Å². The van der Waals surface area contributed by atoms with Crippen LogP contribution in [0, 0.1) is 13.8 Å². The van der Waals surface area contributed by atoms with Crippen molar-refractivity contribution in [3.8, 4) is 0 Å². The molecule has 4 heteroatoms. The number of urea groups is 1. The van der Waals surface area contributed by atoms with Crippen LogP contribution >= 0.6 is 0 Å². The van der Waals surface area contributed by atoms with Gasteiger partial charge in [0.2, 0.25) is 0 Å². The lowest BCUT2D eigenvalue weighted by Gasteiger charge is -2.09. The van der Waals surface area contributed by atoms with E-state index in [1.165, 1.54) is 16.7 Å². The molecule has 22 heavy (non-hydrogen) atoms. The third-order valence-corrected chi connectivity index (χ3v) is 3.42. The third-order valence-electron chi connectivity index (χ3n) is 3.42. The summed E-state index contributed by atoms with van der Waals surface area (Å²) in [6.07, 6.45) is 0.804. The van der Waals surface area contributed by atoms with Gasteiger partial charge in [-0.05, 0) is 37.0 Å². The van der Waals surface area contributed by atoms with Crippen molar-refractivity contribution in [1.29, 1.82) is 0 Å². The molecule has 0 saturated heterocycles. The fourth-order valence-electron chi connectivity index (χ4n) is 2.23. The zero-order valence-corrected chi connectivity index (χ0v) is 13.1. The van der Waals surface area contributed by atoms with Crippen LogP contribution in [0.3, 0.4) is 0 Å². The predicted octanol–water partition coefficient (Wildman–Crippen LogP) is 3.28. The Bertz CT molecular complexity index is 612. The van der Waals surface area contributed by atoms with Crippen LogP contribution in [0.4, 0.5) is 4.79 Å². The van der Waals surface area contributed by atoms with Gasteiger partial charge in [-0.2, -0.15) is 0 Å². The summed E-state index contributed by atoms with van der Waals surface area (Å²) < 4.78 is 0. The van der Waals surface area contributed by atoms with Gasteiger partial charge in [-0.15, -0.1) is 0 Å². The number of nitrogens with one attached hydrogen (secondary N) is 2. The quantitative estimate of drug-likeness (QED) is 0.804. The van der Waals surface area contributed by atoms with E-state index < -0.39 is 0 Å². The summed E-state index contributed by atoms with van der Waals surface area (Å²) in [7, 11) is 0. The van der Waals surface area contributed by atoms with Crippen LogP contribution in [-0.4, -0.2) is 12.6 Å². The number of benzene rings is 2. The number of rotatable bonds is 6. The smallest absolute Gasteiger partial charge is 0.336 e. The lowest BCUT2D eigenvalue weighted by Crippen LogP contribution is -2.36. The van der Waals surface area contributed by atoms with Gasteiger partial charge >= 0.3 is 6.03 Å². The van der Waals surface area contributed by atoms with Crippen molar-refractivity contribution in [2.24, 2.45) is 0 Å². The Kier molecular flexibility index (Phi) is 5.98. The van der Waals surface area contributed by atoms with Gasteiger partial charge < -0.3 is 5.32 Å². The number of amides is 2. The molecule has 0 saturated carbocycles. The topological polar surface area (TPSA) is 50.4 Å². The molecule has 0 spiro atoms. The number of hydrogen-bond acceptors (Lipinski definition) is 2. The lowest BCUT2D eigenvalue weighted by molar-refractivity contribution is 0.0492. The molecular weight excluding hydrogens is 276 g/mol. The van der Waals surface area contributed by atoms with Crippen molar-refractivity contribution in [3.63, 3.8) is 0 Å². The molecule has 0 aliphatic heterocycles. The van der Waals surface area contributed by atoms with Gasteiger partial charge in [0.05, 0.1) is 6.61 Å². The highest BCUT2D eigenvalue weighted by Crippen LogP contribution is 2.10.